The zero-order valence-corrected chi connectivity index (χ0v) is 11.5. The van der Waals surface area contributed by atoms with Gasteiger partial charge in [0.15, 0.2) is 0 Å². The highest BCUT2D eigenvalue weighted by Gasteiger charge is 1.92. The number of unbranched alkanes of at least 4 members (excludes halogenated alkanes) is 7. The second-order valence-electron chi connectivity index (χ2n) is 4.51. The highest BCUT2D eigenvalue weighted by atomic mass is 16.5. The maximum Gasteiger partial charge on any atom is 0.302 e. The summed E-state index contributed by atoms with van der Waals surface area (Å²) in [6.07, 6.45) is 15.7. The van der Waals surface area contributed by atoms with Crippen molar-refractivity contribution in [1.29, 1.82) is 0 Å². The topological polar surface area (TPSA) is 26.3 Å². The minimum absolute atomic E-state index is 0.167. The maximum atomic E-state index is 10.5. The highest BCUT2D eigenvalue weighted by Crippen LogP contribution is 2.05. The normalized spacial score (nSPS) is 10.9. The standard InChI is InChI=1S/C15H28O2/c1-3-4-5-6-7-8-9-10-11-12-13-14-17-15(2)16/h7-8H,3-6,9-14H2,1-2H3/b8-7-. The fraction of sp³-hybridized carbons (Fsp3) is 0.800. The van der Waals surface area contributed by atoms with Crippen molar-refractivity contribution in [1.82, 2.24) is 0 Å². The molecule has 0 aliphatic carbocycles. The van der Waals surface area contributed by atoms with Gasteiger partial charge < -0.3 is 4.74 Å². The number of rotatable bonds is 11. The molecule has 0 spiro atoms. The van der Waals surface area contributed by atoms with Gasteiger partial charge in [0.05, 0.1) is 6.61 Å². The van der Waals surface area contributed by atoms with Gasteiger partial charge in [-0.1, -0.05) is 44.8 Å². The molecular weight excluding hydrogens is 212 g/mol. The molecule has 0 rings (SSSR count). The zero-order chi connectivity index (χ0) is 12.8. The van der Waals surface area contributed by atoms with Crippen molar-refractivity contribution in [3.8, 4) is 0 Å². The molecule has 0 aliphatic heterocycles. The van der Waals surface area contributed by atoms with E-state index < -0.39 is 0 Å². The quantitative estimate of drug-likeness (QED) is 0.299. The molecule has 17 heavy (non-hydrogen) atoms. The van der Waals surface area contributed by atoms with Crippen molar-refractivity contribution in [2.45, 2.75) is 71.6 Å². The van der Waals surface area contributed by atoms with Crippen molar-refractivity contribution < 1.29 is 9.53 Å². The minimum Gasteiger partial charge on any atom is -0.466 e. The third-order valence-electron chi connectivity index (χ3n) is 2.71. The second kappa shape index (κ2) is 13.3. The first kappa shape index (κ1) is 16.2. The molecule has 100 valence electrons. The van der Waals surface area contributed by atoms with Crippen LogP contribution in [0.1, 0.15) is 71.6 Å². The van der Waals surface area contributed by atoms with E-state index in [1.807, 2.05) is 0 Å². The molecule has 0 bridgehead atoms. The lowest BCUT2D eigenvalue weighted by Gasteiger charge is -2.01. The van der Waals surface area contributed by atoms with Gasteiger partial charge in [0.25, 0.3) is 0 Å². The minimum atomic E-state index is -0.167. The predicted octanol–water partition coefficient (Wildman–Crippen LogP) is 4.64. The molecule has 0 N–H and O–H groups in total. The third-order valence-corrected chi connectivity index (χ3v) is 2.71. The summed E-state index contributed by atoms with van der Waals surface area (Å²) in [5.74, 6) is -0.167. The molecular formula is C15H28O2. The molecule has 0 fully saturated rings. The van der Waals surface area contributed by atoms with Gasteiger partial charge in [-0.25, -0.2) is 0 Å². The van der Waals surface area contributed by atoms with Crippen LogP contribution >= 0.6 is 0 Å². The Morgan fingerprint density at radius 1 is 0.941 bits per heavy atom. The maximum absolute atomic E-state index is 10.5. The Bertz CT molecular complexity index is 197. The number of carbonyl (C=O) groups excluding carboxylic acids is 1. The fourth-order valence-electron chi connectivity index (χ4n) is 1.68. The van der Waals surface area contributed by atoms with E-state index >= 15 is 0 Å². The summed E-state index contributed by atoms with van der Waals surface area (Å²) < 4.78 is 4.87. The number of esters is 1. The van der Waals surface area contributed by atoms with E-state index in [-0.39, 0.29) is 5.97 Å². The van der Waals surface area contributed by atoms with Crippen LogP contribution in [0.5, 0.6) is 0 Å². The van der Waals surface area contributed by atoms with Crippen LogP contribution in [0.3, 0.4) is 0 Å². The lowest BCUT2D eigenvalue weighted by Crippen LogP contribution is -1.99. The van der Waals surface area contributed by atoms with Gasteiger partial charge in [0, 0.05) is 6.92 Å². The lowest BCUT2D eigenvalue weighted by atomic mass is 10.1. The Balaban J connectivity index is 3.05. The number of hydrogen-bond acceptors (Lipinski definition) is 2. The average Bonchev–Trinajstić information content (AvgIpc) is 2.30. The Kier molecular flexibility index (Phi) is 12.7. The Morgan fingerprint density at radius 3 is 2.12 bits per heavy atom. The van der Waals surface area contributed by atoms with Gasteiger partial charge in [-0.15, -0.1) is 0 Å². The first-order valence-corrected chi connectivity index (χ1v) is 7.05. The van der Waals surface area contributed by atoms with Crippen LogP contribution in [0.2, 0.25) is 0 Å². The van der Waals surface area contributed by atoms with Gasteiger partial charge >= 0.3 is 5.97 Å². The van der Waals surface area contributed by atoms with E-state index in [1.54, 1.807) is 0 Å². The molecule has 2 nitrogen and oxygen atoms in total. The van der Waals surface area contributed by atoms with E-state index in [9.17, 15) is 4.79 Å². The largest absolute Gasteiger partial charge is 0.466 e. The number of allylic oxidation sites excluding steroid dienone is 2. The summed E-state index contributed by atoms with van der Waals surface area (Å²) in [5.41, 5.74) is 0. The molecule has 0 aromatic carbocycles. The number of carbonyl (C=O) groups is 1. The molecule has 0 atom stereocenters. The van der Waals surface area contributed by atoms with Gasteiger partial charge in [-0.05, 0) is 32.1 Å². The van der Waals surface area contributed by atoms with Crippen LogP contribution < -0.4 is 0 Å². The first-order valence-electron chi connectivity index (χ1n) is 7.05. The molecule has 0 unspecified atom stereocenters. The SMILES string of the molecule is CCCCC/C=C\CCCCCCOC(C)=O. The molecule has 0 aliphatic rings. The molecule has 0 radical (unpaired) electrons. The van der Waals surface area contributed by atoms with E-state index in [4.69, 9.17) is 4.74 Å². The Labute approximate surface area is 106 Å². The molecule has 0 saturated carbocycles. The predicted molar refractivity (Wildman–Crippen MR) is 73.0 cm³/mol. The summed E-state index contributed by atoms with van der Waals surface area (Å²) in [4.78, 5) is 10.5. The van der Waals surface area contributed by atoms with Crippen molar-refractivity contribution in [3.05, 3.63) is 12.2 Å². The number of hydrogen-bond donors (Lipinski definition) is 0. The number of ether oxygens (including phenoxy) is 1. The van der Waals surface area contributed by atoms with Crippen molar-refractivity contribution in [2.75, 3.05) is 6.61 Å². The fourth-order valence-corrected chi connectivity index (χ4v) is 1.68. The summed E-state index contributed by atoms with van der Waals surface area (Å²) >= 11 is 0. The molecule has 0 amide bonds. The average molecular weight is 240 g/mol. The van der Waals surface area contributed by atoms with Crippen molar-refractivity contribution in [2.24, 2.45) is 0 Å². The molecule has 2 heteroatoms. The summed E-state index contributed by atoms with van der Waals surface area (Å²) in [6, 6.07) is 0. The smallest absolute Gasteiger partial charge is 0.302 e. The van der Waals surface area contributed by atoms with Gasteiger partial charge in [-0.3, -0.25) is 4.79 Å². The Morgan fingerprint density at radius 2 is 1.53 bits per heavy atom. The molecule has 0 aromatic rings. The van der Waals surface area contributed by atoms with Crippen molar-refractivity contribution >= 4 is 5.97 Å². The van der Waals surface area contributed by atoms with Crippen molar-refractivity contribution in [3.63, 3.8) is 0 Å². The summed E-state index contributed by atoms with van der Waals surface area (Å²) in [6.45, 7) is 4.28. The van der Waals surface area contributed by atoms with Crippen LogP contribution in [0, 0.1) is 0 Å². The third kappa shape index (κ3) is 15.2. The monoisotopic (exact) mass is 240 g/mol. The van der Waals surface area contributed by atoms with Crippen LogP contribution in [0.4, 0.5) is 0 Å². The molecule has 0 aromatic heterocycles. The van der Waals surface area contributed by atoms with Gasteiger partial charge in [0.1, 0.15) is 0 Å². The van der Waals surface area contributed by atoms with E-state index in [2.05, 4.69) is 19.1 Å². The zero-order valence-electron chi connectivity index (χ0n) is 11.5. The highest BCUT2D eigenvalue weighted by molar-refractivity contribution is 5.65. The van der Waals surface area contributed by atoms with E-state index in [0.717, 1.165) is 12.8 Å². The van der Waals surface area contributed by atoms with Crippen LogP contribution in [-0.2, 0) is 9.53 Å². The van der Waals surface area contributed by atoms with Crippen LogP contribution in [-0.4, -0.2) is 12.6 Å². The van der Waals surface area contributed by atoms with Gasteiger partial charge in [0.2, 0.25) is 0 Å². The van der Waals surface area contributed by atoms with Crippen LogP contribution in [0.25, 0.3) is 0 Å². The van der Waals surface area contributed by atoms with Crippen LogP contribution in [0.15, 0.2) is 12.2 Å². The Hall–Kier alpha value is -0.790. The lowest BCUT2D eigenvalue weighted by molar-refractivity contribution is -0.141. The second-order valence-corrected chi connectivity index (χ2v) is 4.51. The van der Waals surface area contributed by atoms with E-state index in [1.165, 1.54) is 51.9 Å². The molecule has 0 saturated heterocycles. The summed E-state index contributed by atoms with van der Waals surface area (Å²) in [5, 5.41) is 0. The van der Waals surface area contributed by atoms with E-state index in [0.29, 0.717) is 6.61 Å². The summed E-state index contributed by atoms with van der Waals surface area (Å²) in [7, 11) is 0. The van der Waals surface area contributed by atoms with Gasteiger partial charge in [-0.2, -0.15) is 0 Å². The molecule has 0 heterocycles. The first-order chi connectivity index (χ1) is 8.27.